The molecule has 7 heteroatoms. The molecule has 1 heterocycles. The predicted molar refractivity (Wildman–Crippen MR) is 161 cm³/mol. The van der Waals surface area contributed by atoms with Crippen molar-refractivity contribution in [3.63, 3.8) is 0 Å². The van der Waals surface area contributed by atoms with Crippen molar-refractivity contribution in [3.05, 3.63) is 125 Å². The fraction of sp³-hybridized carbons (Fsp3) is 0.286. The Hall–Kier alpha value is -4.33. The maximum atomic E-state index is 13.2. The molecule has 1 aliphatic heterocycles. The fourth-order valence-electron chi connectivity index (χ4n) is 4.61. The Bertz CT molecular complexity index is 1310. The van der Waals surface area contributed by atoms with Gasteiger partial charge in [-0.1, -0.05) is 91.0 Å². The number of hydrogen-bond donors (Lipinski definition) is 0. The Labute approximate surface area is 247 Å². The molecule has 42 heavy (non-hydrogen) atoms. The minimum atomic E-state index is -0.430. The second kappa shape index (κ2) is 15.6. The van der Waals surface area contributed by atoms with Crippen molar-refractivity contribution in [1.82, 2.24) is 4.90 Å². The summed E-state index contributed by atoms with van der Waals surface area (Å²) in [6.45, 7) is 5.41. The largest absolute Gasteiger partial charge is 0.485 e. The van der Waals surface area contributed by atoms with E-state index in [0.717, 1.165) is 56.0 Å². The van der Waals surface area contributed by atoms with E-state index in [1.807, 2.05) is 91.0 Å². The van der Waals surface area contributed by atoms with Crippen molar-refractivity contribution in [2.24, 2.45) is 0 Å². The number of esters is 1. The van der Waals surface area contributed by atoms with Crippen LogP contribution in [0, 0.1) is 0 Å². The van der Waals surface area contributed by atoms with E-state index >= 15 is 0 Å². The van der Waals surface area contributed by atoms with Gasteiger partial charge in [0.15, 0.2) is 11.5 Å². The number of benzene rings is 4. The lowest BCUT2D eigenvalue weighted by Crippen LogP contribution is -2.37. The van der Waals surface area contributed by atoms with Gasteiger partial charge in [0.2, 0.25) is 5.75 Å². The highest BCUT2D eigenvalue weighted by atomic mass is 16.5. The van der Waals surface area contributed by atoms with Crippen LogP contribution >= 0.6 is 0 Å². The van der Waals surface area contributed by atoms with E-state index in [4.69, 9.17) is 23.7 Å². The molecule has 0 saturated carbocycles. The van der Waals surface area contributed by atoms with Gasteiger partial charge in [-0.2, -0.15) is 0 Å². The molecule has 0 aromatic heterocycles. The van der Waals surface area contributed by atoms with Crippen LogP contribution < -0.4 is 14.2 Å². The van der Waals surface area contributed by atoms with Crippen molar-refractivity contribution in [3.8, 4) is 17.2 Å². The number of ether oxygens (including phenoxy) is 5. The Morgan fingerprint density at radius 3 is 1.64 bits per heavy atom. The first-order valence-corrected chi connectivity index (χ1v) is 14.4. The molecule has 1 aliphatic rings. The fourth-order valence-corrected chi connectivity index (χ4v) is 4.61. The zero-order valence-electron chi connectivity index (χ0n) is 23.8. The zero-order chi connectivity index (χ0) is 28.8. The third-order valence-electron chi connectivity index (χ3n) is 6.91. The van der Waals surface area contributed by atoms with E-state index in [1.54, 1.807) is 12.1 Å². The summed E-state index contributed by atoms with van der Waals surface area (Å²) >= 11 is 0. The number of nitrogens with zero attached hydrogens (tertiary/aromatic N) is 1. The highest BCUT2D eigenvalue weighted by Crippen LogP contribution is 2.40. The SMILES string of the molecule is O=C(OCCCN1CCOCC1)c1cc(OCc2ccccc2)c(OCc2ccccc2)c(OCc2ccccc2)c1. The van der Waals surface area contributed by atoms with Gasteiger partial charge in [-0.3, -0.25) is 4.90 Å². The van der Waals surface area contributed by atoms with Crippen LogP contribution in [0.2, 0.25) is 0 Å². The molecule has 0 unspecified atom stereocenters. The van der Waals surface area contributed by atoms with Gasteiger partial charge in [0, 0.05) is 19.6 Å². The van der Waals surface area contributed by atoms with Crippen molar-refractivity contribution in [2.45, 2.75) is 26.2 Å². The summed E-state index contributed by atoms with van der Waals surface area (Å²) in [5.41, 5.74) is 3.34. The first-order chi connectivity index (χ1) is 20.7. The summed E-state index contributed by atoms with van der Waals surface area (Å²) in [6, 6.07) is 33.0. The van der Waals surface area contributed by atoms with Crippen molar-refractivity contribution in [1.29, 1.82) is 0 Å². The van der Waals surface area contributed by atoms with Crippen LogP contribution in [-0.2, 0) is 29.3 Å². The number of morpholine rings is 1. The molecule has 0 bridgehead atoms. The van der Waals surface area contributed by atoms with E-state index in [1.165, 1.54) is 0 Å². The molecule has 5 rings (SSSR count). The smallest absolute Gasteiger partial charge is 0.338 e. The molecule has 0 N–H and O–H groups in total. The van der Waals surface area contributed by atoms with Crippen LogP contribution in [0.5, 0.6) is 17.2 Å². The van der Waals surface area contributed by atoms with Gasteiger partial charge < -0.3 is 23.7 Å². The van der Waals surface area contributed by atoms with Gasteiger partial charge in [0.05, 0.1) is 25.4 Å². The Kier molecular flexibility index (Phi) is 10.8. The third kappa shape index (κ3) is 8.83. The standard InChI is InChI=1S/C35H37NO6/c37-35(39-20-10-17-36-18-21-38-22-19-36)31-23-32(40-25-28-11-4-1-5-12-28)34(42-27-30-15-8-3-9-16-30)33(24-31)41-26-29-13-6-2-7-14-29/h1-9,11-16,23-24H,10,17-22,25-27H2. The summed E-state index contributed by atoms with van der Waals surface area (Å²) < 4.78 is 29.9. The first-order valence-electron chi connectivity index (χ1n) is 14.4. The van der Waals surface area contributed by atoms with Crippen molar-refractivity contribution < 1.29 is 28.5 Å². The van der Waals surface area contributed by atoms with Crippen molar-refractivity contribution in [2.75, 3.05) is 39.5 Å². The van der Waals surface area contributed by atoms with Crippen LogP contribution in [0.4, 0.5) is 0 Å². The normalized spacial score (nSPS) is 13.3. The summed E-state index contributed by atoms with van der Waals surface area (Å²) in [6.07, 6.45) is 0.749. The van der Waals surface area contributed by atoms with E-state index in [9.17, 15) is 4.79 Å². The molecular formula is C35H37NO6. The average Bonchev–Trinajstić information content (AvgIpc) is 3.05. The first kappa shape index (κ1) is 29.2. The predicted octanol–water partition coefficient (Wildman–Crippen LogP) is 6.30. The van der Waals surface area contributed by atoms with E-state index in [0.29, 0.717) is 49.2 Å². The minimum Gasteiger partial charge on any atom is -0.485 e. The Morgan fingerprint density at radius 1 is 0.667 bits per heavy atom. The van der Waals surface area contributed by atoms with E-state index in [-0.39, 0.29) is 0 Å². The van der Waals surface area contributed by atoms with Gasteiger partial charge in [-0.25, -0.2) is 4.79 Å². The summed E-state index contributed by atoms with van der Waals surface area (Å²) in [5, 5.41) is 0. The second-order valence-electron chi connectivity index (χ2n) is 10.1. The number of rotatable bonds is 14. The molecule has 0 spiro atoms. The molecule has 4 aromatic carbocycles. The summed E-state index contributed by atoms with van der Waals surface area (Å²) in [7, 11) is 0. The summed E-state index contributed by atoms with van der Waals surface area (Å²) in [4.78, 5) is 15.6. The lowest BCUT2D eigenvalue weighted by molar-refractivity contribution is 0.0298. The Morgan fingerprint density at radius 2 is 1.14 bits per heavy atom. The zero-order valence-corrected chi connectivity index (χ0v) is 23.8. The van der Waals surface area contributed by atoms with E-state index in [2.05, 4.69) is 4.90 Å². The van der Waals surface area contributed by atoms with Crippen LogP contribution in [0.1, 0.15) is 33.5 Å². The molecule has 4 aromatic rings. The highest BCUT2D eigenvalue weighted by Gasteiger charge is 2.21. The maximum absolute atomic E-state index is 13.2. The van der Waals surface area contributed by atoms with Crippen LogP contribution in [0.25, 0.3) is 0 Å². The van der Waals surface area contributed by atoms with Gasteiger partial charge in [0.25, 0.3) is 0 Å². The second-order valence-corrected chi connectivity index (χ2v) is 10.1. The van der Waals surface area contributed by atoms with Crippen LogP contribution in [0.15, 0.2) is 103 Å². The highest BCUT2D eigenvalue weighted by molar-refractivity contribution is 5.91. The molecule has 0 aliphatic carbocycles. The van der Waals surface area contributed by atoms with Gasteiger partial charge in [-0.15, -0.1) is 0 Å². The van der Waals surface area contributed by atoms with Crippen molar-refractivity contribution >= 4 is 5.97 Å². The quantitative estimate of drug-likeness (QED) is 0.131. The molecule has 0 atom stereocenters. The molecule has 218 valence electrons. The maximum Gasteiger partial charge on any atom is 0.338 e. The third-order valence-corrected chi connectivity index (χ3v) is 6.91. The van der Waals surface area contributed by atoms with Gasteiger partial charge >= 0.3 is 5.97 Å². The lowest BCUT2D eigenvalue weighted by atomic mass is 10.1. The number of hydrogen-bond acceptors (Lipinski definition) is 7. The van der Waals surface area contributed by atoms with Crippen LogP contribution in [0.3, 0.4) is 0 Å². The number of carbonyl (C=O) groups excluding carboxylic acids is 1. The molecule has 1 saturated heterocycles. The molecule has 7 nitrogen and oxygen atoms in total. The summed E-state index contributed by atoms with van der Waals surface area (Å²) in [5.74, 6) is 0.844. The Balaban J connectivity index is 1.37. The molecule has 0 amide bonds. The molecule has 1 fully saturated rings. The van der Waals surface area contributed by atoms with Gasteiger partial charge in [-0.05, 0) is 35.2 Å². The molecule has 0 radical (unpaired) electrons. The average molecular weight is 568 g/mol. The van der Waals surface area contributed by atoms with Gasteiger partial charge in [0.1, 0.15) is 19.8 Å². The lowest BCUT2D eigenvalue weighted by Gasteiger charge is -2.26. The van der Waals surface area contributed by atoms with E-state index < -0.39 is 5.97 Å². The monoisotopic (exact) mass is 567 g/mol. The number of carbonyl (C=O) groups is 1. The minimum absolute atomic E-state index is 0.304. The van der Waals surface area contributed by atoms with Crippen LogP contribution in [-0.4, -0.2) is 50.3 Å². The topological polar surface area (TPSA) is 66.5 Å². The molecular weight excluding hydrogens is 530 g/mol.